The highest BCUT2D eigenvalue weighted by atomic mass is 35.5. The molecule has 0 aliphatic heterocycles. The van der Waals surface area contributed by atoms with Crippen LogP contribution in [0.4, 0.5) is 0 Å². The molecule has 3 atom stereocenters. The second-order valence-electron chi connectivity index (χ2n) is 3.62. The molecule has 0 spiro atoms. The van der Waals surface area contributed by atoms with Gasteiger partial charge in [-0.1, -0.05) is 6.92 Å². The van der Waals surface area contributed by atoms with Gasteiger partial charge in [-0.3, -0.25) is 0 Å². The van der Waals surface area contributed by atoms with E-state index in [9.17, 15) is 5.11 Å². The molecule has 58 valence electrons. The lowest BCUT2D eigenvalue weighted by atomic mass is 10.1. The van der Waals surface area contributed by atoms with Gasteiger partial charge in [0.05, 0.1) is 6.10 Å². The van der Waals surface area contributed by atoms with Crippen LogP contribution in [-0.4, -0.2) is 15.5 Å². The lowest BCUT2D eigenvalue weighted by Gasteiger charge is -2.10. The lowest BCUT2D eigenvalue weighted by Crippen LogP contribution is -2.12. The Labute approximate surface area is 70.3 Å². The molecule has 1 N–H and O–H groups in total. The largest absolute Gasteiger partial charge is 0.393 e. The van der Waals surface area contributed by atoms with Crippen LogP contribution in [0.5, 0.6) is 0 Å². The maximum Gasteiger partial charge on any atom is 0.130 e. The van der Waals surface area contributed by atoms with E-state index >= 15 is 0 Å². The minimum absolute atomic E-state index is 0.00945. The molecule has 0 heterocycles. The summed E-state index contributed by atoms with van der Waals surface area (Å²) in [5.41, 5.74) is 0.00945. The first-order valence-corrected chi connectivity index (χ1v) is 4.31. The van der Waals surface area contributed by atoms with Crippen LogP contribution in [0.2, 0.25) is 0 Å². The summed E-state index contributed by atoms with van der Waals surface area (Å²) < 4.78 is -0.634. The van der Waals surface area contributed by atoms with Gasteiger partial charge in [0.15, 0.2) is 0 Å². The van der Waals surface area contributed by atoms with E-state index in [0.29, 0.717) is 0 Å². The maximum atomic E-state index is 9.37. The molecule has 10 heavy (non-hydrogen) atoms. The number of rotatable bonds is 0. The van der Waals surface area contributed by atoms with Crippen molar-refractivity contribution in [2.24, 2.45) is 11.3 Å². The van der Waals surface area contributed by atoms with E-state index in [4.69, 9.17) is 23.2 Å². The Bertz CT molecular complexity index is 180. The molecule has 1 nitrogen and oxygen atoms in total. The fourth-order valence-corrected chi connectivity index (χ4v) is 3.31. The number of fused-ring (bicyclic) bond motifs is 1. The number of alkyl halides is 2. The van der Waals surface area contributed by atoms with Crippen LogP contribution < -0.4 is 0 Å². The molecule has 0 bridgehead atoms. The van der Waals surface area contributed by atoms with Crippen LogP contribution in [-0.2, 0) is 0 Å². The second kappa shape index (κ2) is 1.65. The van der Waals surface area contributed by atoms with Crippen LogP contribution in [0.1, 0.15) is 19.8 Å². The standard InChI is InChI=1S/C7H10Cl2O/c1-6-3-2-4(10)5(6)7(6,8)9/h4-5,10H,2-3H2,1H3/t4-,5+,6-/m0/s1. The zero-order chi connectivity index (χ0) is 7.57. The zero-order valence-corrected chi connectivity index (χ0v) is 7.28. The van der Waals surface area contributed by atoms with E-state index in [1.165, 1.54) is 0 Å². The van der Waals surface area contributed by atoms with Crippen molar-refractivity contribution >= 4 is 23.2 Å². The summed E-state index contributed by atoms with van der Waals surface area (Å²) in [4.78, 5) is 0. The van der Waals surface area contributed by atoms with Crippen LogP contribution in [0, 0.1) is 11.3 Å². The topological polar surface area (TPSA) is 20.2 Å². The highest BCUT2D eigenvalue weighted by molar-refractivity contribution is 6.52. The van der Waals surface area contributed by atoms with Gasteiger partial charge in [-0.2, -0.15) is 0 Å². The molecule has 0 amide bonds. The Morgan fingerprint density at radius 2 is 2.10 bits per heavy atom. The zero-order valence-electron chi connectivity index (χ0n) is 5.77. The van der Waals surface area contributed by atoms with Crippen LogP contribution >= 0.6 is 23.2 Å². The molecule has 2 aliphatic carbocycles. The lowest BCUT2D eigenvalue weighted by molar-refractivity contribution is 0.157. The summed E-state index contributed by atoms with van der Waals surface area (Å²) in [7, 11) is 0. The van der Waals surface area contributed by atoms with Gasteiger partial charge >= 0.3 is 0 Å². The fraction of sp³-hybridized carbons (Fsp3) is 1.00. The molecule has 2 aliphatic rings. The monoisotopic (exact) mass is 180 g/mol. The van der Waals surface area contributed by atoms with Gasteiger partial charge in [0.25, 0.3) is 0 Å². The van der Waals surface area contributed by atoms with Gasteiger partial charge in [-0.25, -0.2) is 0 Å². The molecule has 0 aromatic carbocycles. The molecule has 2 fully saturated rings. The van der Waals surface area contributed by atoms with E-state index in [0.717, 1.165) is 12.8 Å². The molecular weight excluding hydrogens is 171 g/mol. The Morgan fingerprint density at radius 1 is 1.50 bits per heavy atom. The maximum absolute atomic E-state index is 9.37. The van der Waals surface area contributed by atoms with E-state index in [1.807, 2.05) is 6.92 Å². The van der Waals surface area contributed by atoms with E-state index < -0.39 is 4.33 Å². The Morgan fingerprint density at radius 3 is 2.30 bits per heavy atom. The Balaban J connectivity index is 2.26. The predicted octanol–water partition coefficient (Wildman–Crippen LogP) is 1.95. The van der Waals surface area contributed by atoms with Gasteiger partial charge in [-0.05, 0) is 12.8 Å². The van der Waals surface area contributed by atoms with E-state index in [-0.39, 0.29) is 17.4 Å². The van der Waals surface area contributed by atoms with E-state index in [1.54, 1.807) is 0 Å². The van der Waals surface area contributed by atoms with Crippen LogP contribution in [0.3, 0.4) is 0 Å². The van der Waals surface area contributed by atoms with Crippen molar-refractivity contribution in [2.45, 2.75) is 30.2 Å². The van der Waals surface area contributed by atoms with Gasteiger partial charge in [0.2, 0.25) is 0 Å². The summed E-state index contributed by atoms with van der Waals surface area (Å²) in [6.07, 6.45) is 1.56. The first-order chi connectivity index (χ1) is 4.50. The first-order valence-electron chi connectivity index (χ1n) is 3.56. The van der Waals surface area contributed by atoms with Crippen molar-refractivity contribution in [3.63, 3.8) is 0 Å². The fourth-order valence-electron chi connectivity index (χ4n) is 2.22. The summed E-state index contributed by atoms with van der Waals surface area (Å²) in [5, 5.41) is 9.37. The van der Waals surface area contributed by atoms with Gasteiger partial charge in [0.1, 0.15) is 4.33 Å². The number of aliphatic hydroxyl groups is 1. The summed E-state index contributed by atoms with van der Waals surface area (Å²) in [6.45, 7) is 2.05. The van der Waals surface area contributed by atoms with Crippen molar-refractivity contribution in [3.8, 4) is 0 Å². The SMILES string of the molecule is C[C@]12CC[C@H](O)[C@H]1C2(Cl)Cl. The molecule has 2 saturated carbocycles. The smallest absolute Gasteiger partial charge is 0.130 e. The van der Waals surface area contributed by atoms with Gasteiger partial charge in [0, 0.05) is 11.3 Å². The molecule has 0 saturated heterocycles. The van der Waals surface area contributed by atoms with Crippen molar-refractivity contribution in [3.05, 3.63) is 0 Å². The van der Waals surface area contributed by atoms with Crippen molar-refractivity contribution in [1.29, 1.82) is 0 Å². The molecule has 2 rings (SSSR count). The Hall–Kier alpha value is 0.540. The van der Waals surface area contributed by atoms with Crippen molar-refractivity contribution < 1.29 is 5.11 Å². The quantitative estimate of drug-likeness (QED) is 0.566. The highest BCUT2D eigenvalue weighted by Crippen LogP contribution is 2.76. The first kappa shape index (κ1) is 7.20. The summed E-state index contributed by atoms with van der Waals surface area (Å²) >= 11 is 11.9. The third-order valence-electron chi connectivity index (χ3n) is 3.10. The van der Waals surface area contributed by atoms with Gasteiger partial charge in [-0.15, -0.1) is 23.2 Å². The minimum atomic E-state index is -0.634. The number of hydrogen-bond donors (Lipinski definition) is 1. The summed E-state index contributed by atoms with van der Waals surface area (Å²) in [6, 6.07) is 0. The molecule has 0 aromatic heterocycles. The molecular formula is C7H10Cl2O. The highest BCUT2D eigenvalue weighted by Gasteiger charge is 2.77. The van der Waals surface area contributed by atoms with Crippen LogP contribution in [0.15, 0.2) is 0 Å². The predicted molar refractivity (Wildman–Crippen MR) is 41.3 cm³/mol. The normalized spacial score (nSPS) is 56.4. The number of aliphatic hydroxyl groups excluding tert-OH is 1. The van der Waals surface area contributed by atoms with Crippen molar-refractivity contribution in [2.75, 3.05) is 0 Å². The van der Waals surface area contributed by atoms with Crippen molar-refractivity contribution in [1.82, 2.24) is 0 Å². The molecule has 3 heteroatoms. The third kappa shape index (κ3) is 0.556. The summed E-state index contributed by atoms with van der Waals surface area (Å²) in [5.74, 6) is 0.128. The van der Waals surface area contributed by atoms with Gasteiger partial charge < -0.3 is 5.11 Å². The molecule has 0 unspecified atom stereocenters. The average molecular weight is 181 g/mol. The second-order valence-corrected chi connectivity index (χ2v) is 5.01. The number of halogens is 2. The third-order valence-corrected chi connectivity index (χ3v) is 4.43. The van der Waals surface area contributed by atoms with Crippen LogP contribution in [0.25, 0.3) is 0 Å². The average Bonchev–Trinajstić information content (AvgIpc) is 2.16. The number of hydrogen-bond acceptors (Lipinski definition) is 1. The van der Waals surface area contributed by atoms with E-state index in [2.05, 4.69) is 0 Å². The molecule has 0 aromatic rings. The minimum Gasteiger partial charge on any atom is -0.393 e. The molecule has 0 radical (unpaired) electrons. The Kier molecular flexibility index (Phi) is 1.19.